The standard InChI is InChI=1S/C12H23NO2/c1-3-8-11(12(14)15-2)13-9-6-4-5-7-10-13/h11H,3-10H2,1-2H3/t11-/m1/s1. The summed E-state index contributed by atoms with van der Waals surface area (Å²) in [6.07, 6.45) is 7.00. The van der Waals surface area contributed by atoms with Crippen molar-refractivity contribution >= 4 is 5.97 Å². The van der Waals surface area contributed by atoms with Crippen LogP contribution < -0.4 is 0 Å². The lowest BCUT2D eigenvalue weighted by Gasteiger charge is -2.28. The predicted molar refractivity (Wildman–Crippen MR) is 60.8 cm³/mol. The van der Waals surface area contributed by atoms with Gasteiger partial charge in [0.05, 0.1) is 7.11 Å². The van der Waals surface area contributed by atoms with Crippen molar-refractivity contribution in [1.29, 1.82) is 0 Å². The van der Waals surface area contributed by atoms with Crippen LogP contribution in [-0.2, 0) is 9.53 Å². The lowest BCUT2D eigenvalue weighted by molar-refractivity contribution is -0.147. The van der Waals surface area contributed by atoms with Crippen molar-refractivity contribution in [2.45, 2.75) is 51.5 Å². The number of hydrogen-bond donors (Lipinski definition) is 0. The van der Waals surface area contributed by atoms with Gasteiger partial charge in [0.1, 0.15) is 6.04 Å². The van der Waals surface area contributed by atoms with Crippen LogP contribution in [0.3, 0.4) is 0 Å². The van der Waals surface area contributed by atoms with Crippen LogP contribution in [0.25, 0.3) is 0 Å². The Hall–Kier alpha value is -0.570. The Kier molecular flexibility index (Phi) is 5.69. The van der Waals surface area contributed by atoms with E-state index in [2.05, 4.69) is 11.8 Å². The highest BCUT2D eigenvalue weighted by Gasteiger charge is 2.25. The fourth-order valence-electron chi connectivity index (χ4n) is 2.27. The molecule has 0 bridgehead atoms. The summed E-state index contributed by atoms with van der Waals surface area (Å²) in [5.74, 6) is -0.0567. The van der Waals surface area contributed by atoms with Gasteiger partial charge in [-0.3, -0.25) is 9.69 Å². The van der Waals surface area contributed by atoms with E-state index in [-0.39, 0.29) is 12.0 Å². The van der Waals surface area contributed by atoms with Crippen LogP contribution in [0.1, 0.15) is 45.4 Å². The largest absolute Gasteiger partial charge is 0.468 e. The minimum atomic E-state index is -0.0567. The molecule has 1 saturated heterocycles. The molecular weight excluding hydrogens is 190 g/mol. The molecule has 1 fully saturated rings. The van der Waals surface area contributed by atoms with Crippen molar-refractivity contribution in [3.63, 3.8) is 0 Å². The van der Waals surface area contributed by atoms with Crippen molar-refractivity contribution in [3.05, 3.63) is 0 Å². The van der Waals surface area contributed by atoms with Crippen LogP contribution >= 0.6 is 0 Å². The molecule has 0 aliphatic carbocycles. The summed E-state index contributed by atoms with van der Waals surface area (Å²) in [4.78, 5) is 14.0. The molecule has 0 amide bonds. The summed E-state index contributed by atoms with van der Waals surface area (Å²) in [6.45, 7) is 4.23. The molecule has 88 valence electrons. The van der Waals surface area contributed by atoms with Gasteiger partial charge in [-0.1, -0.05) is 26.2 Å². The van der Waals surface area contributed by atoms with Crippen molar-refractivity contribution in [2.75, 3.05) is 20.2 Å². The summed E-state index contributed by atoms with van der Waals surface area (Å²) in [5, 5.41) is 0. The number of carbonyl (C=O) groups excluding carboxylic acids is 1. The number of methoxy groups -OCH3 is 1. The van der Waals surface area contributed by atoms with Gasteiger partial charge in [-0.05, 0) is 32.4 Å². The van der Waals surface area contributed by atoms with E-state index in [0.717, 1.165) is 25.9 Å². The van der Waals surface area contributed by atoms with Gasteiger partial charge in [0.15, 0.2) is 0 Å². The van der Waals surface area contributed by atoms with Crippen molar-refractivity contribution in [1.82, 2.24) is 4.90 Å². The molecule has 3 nitrogen and oxygen atoms in total. The van der Waals surface area contributed by atoms with Crippen LogP contribution in [0, 0.1) is 0 Å². The number of hydrogen-bond acceptors (Lipinski definition) is 3. The second-order valence-corrected chi connectivity index (χ2v) is 4.28. The minimum Gasteiger partial charge on any atom is -0.468 e. The van der Waals surface area contributed by atoms with Gasteiger partial charge in [-0.15, -0.1) is 0 Å². The number of rotatable bonds is 4. The van der Waals surface area contributed by atoms with Crippen LogP contribution in [0.2, 0.25) is 0 Å². The molecule has 1 aliphatic rings. The Morgan fingerprint density at radius 2 is 1.87 bits per heavy atom. The normalized spacial score (nSPS) is 20.7. The highest BCUT2D eigenvalue weighted by molar-refractivity contribution is 5.75. The summed E-state index contributed by atoms with van der Waals surface area (Å²) < 4.78 is 4.88. The minimum absolute atomic E-state index is 0.00176. The molecule has 0 aromatic heterocycles. The van der Waals surface area contributed by atoms with E-state index in [9.17, 15) is 4.79 Å². The zero-order valence-electron chi connectivity index (χ0n) is 10.00. The SMILES string of the molecule is CCC[C@H](C(=O)OC)N1CCCCCC1. The van der Waals surface area contributed by atoms with E-state index in [1.54, 1.807) is 0 Å². The molecule has 15 heavy (non-hydrogen) atoms. The average molecular weight is 213 g/mol. The van der Waals surface area contributed by atoms with Gasteiger partial charge >= 0.3 is 5.97 Å². The van der Waals surface area contributed by atoms with E-state index < -0.39 is 0 Å². The molecule has 0 unspecified atom stereocenters. The first kappa shape index (κ1) is 12.5. The zero-order valence-corrected chi connectivity index (χ0v) is 10.00. The Morgan fingerprint density at radius 1 is 1.27 bits per heavy atom. The summed E-state index contributed by atoms with van der Waals surface area (Å²) in [6, 6.07) is -0.00176. The first-order valence-corrected chi connectivity index (χ1v) is 6.11. The number of ether oxygens (including phenoxy) is 1. The fourth-order valence-corrected chi connectivity index (χ4v) is 2.27. The Morgan fingerprint density at radius 3 is 2.33 bits per heavy atom. The third-order valence-corrected chi connectivity index (χ3v) is 3.12. The van der Waals surface area contributed by atoms with Crippen LogP contribution in [0.4, 0.5) is 0 Å². The van der Waals surface area contributed by atoms with E-state index in [0.29, 0.717) is 0 Å². The first-order chi connectivity index (χ1) is 7.29. The van der Waals surface area contributed by atoms with Crippen molar-refractivity contribution in [2.24, 2.45) is 0 Å². The molecule has 1 heterocycles. The van der Waals surface area contributed by atoms with E-state index in [1.807, 2.05) is 0 Å². The van der Waals surface area contributed by atoms with E-state index in [4.69, 9.17) is 4.74 Å². The quantitative estimate of drug-likeness (QED) is 0.670. The second-order valence-electron chi connectivity index (χ2n) is 4.28. The highest BCUT2D eigenvalue weighted by atomic mass is 16.5. The number of esters is 1. The van der Waals surface area contributed by atoms with E-state index >= 15 is 0 Å². The fraction of sp³-hybridized carbons (Fsp3) is 0.917. The lowest BCUT2D eigenvalue weighted by atomic mass is 10.1. The third kappa shape index (κ3) is 3.82. The molecule has 0 spiro atoms. The van der Waals surface area contributed by atoms with Crippen molar-refractivity contribution in [3.8, 4) is 0 Å². The monoisotopic (exact) mass is 213 g/mol. The van der Waals surface area contributed by atoms with Gasteiger partial charge in [-0.2, -0.15) is 0 Å². The molecule has 1 aliphatic heterocycles. The average Bonchev–Trinajstić information content (AvgIpc) is 2.53. The summed E-state index contributed by atoms with van der Waals surface area (Å²) in [7, 11) is 1.49. The maximum absolute atomic E-state index is 11.6. The number of likely N-dealkylation sites (tertiary alicyclic amines) is 1. The maximum atomic E-state index is 11.6. The van der Waals surface area contributed by atoms with Crippen molar-refractivity contribution < 1.29 is 9.53 Å². The van der Waals surface area contributed by atoms with Gasteiger partial charge in [0, 0.05) is 0 Å². The molecule has 0 saturated carbocycles. The van der Waals surface area contributed by atoms with Crippen LogP contribution in [-0.4, -0.2) is 37.1 Å². The third-order valence-electron chi connectivity index (χ3n) is 3.12. The lowest BCUT2D eigenvalue weighted by Crippen LogP contribution is -2.42. The van der Waals surface area contributed by atoms with Gasteiger partial charge < -0.3 is 4.74 Å². The molecule has 1 rings (SSSR count). The molecule has 1 atom stereocenters. The smallest absolute Gasteiger partial charge is 0.323 e. The summed E-state index contributed by atoms with van der Waals surface area (Å²) in [5.41, 5.74) is 0. The molecule has 0 aromatic rings. The van der Waals surface area contributed by atoms with Gasteiger partial charge in [0.2, 0.25) is 0 Å². The van der Waals surface area contributed by atoms with Crippen LogP contribution in [0.15, 0.2) is 0 Å². The second kappa shape index (κ2) is 6.83. The van der Waals surface area contributed by atoms with Crippen LogP contribution in [0.5, 0.6) is 0 Å². The highest BCUT2D eigenvalue weighted by Crippen LogP contribution is 2.16. The zero-order chi connectivity index (χ0) is 11.1. The Balaban J connectivity index is 2.55. The molecule has 0 radical (unpaired) electrons. The first-order valence-electron chi connectivity index (χ1n) is 6.11. The van der Waals surface area contributed by atoms with E-state index in [1.165, 1.54) is 32.8 Å². The Labute approximate surface area is 92.8 Å². The maximum Gasteiger partial charge on any atom is 0.323 e. The summed E-state index contributed by atoms with van der Waals surface area (Å²) >= 11 is 0. The van der Waals surface area contributed by atoms with Gasteiger partial charge in [0.25, 0.3) is 0 Å². The number of carbonyl (C=O) groups is 1. The topological polar surface area (TPSA) is 29.5 Å². The predicted octanol–water partition coefficient (Wildman–Crippen LogP) is 2.20. The Bertz CT molecular complexity index is 186. The number of nitrogens with zero attached hydrogens (tertiary/aromatic N) is 1. The molecule has 3 heteroatoms. The molecule has 0 N–H and O–H groups in total. The van der Waals surface area contributed by atoms with Gasteiger partial charge in [-0.25, -0.2) is 0 Å². The molecule has 0 aromatic carbocycles. The molecular formula is C12H23NO2.